The van der Waals surface area contributed by atoms with Gasteiger partial charge in [-0.15, -0.1) is 0 Å². The van der Waals surface area contributed by atoms with Crippen molar-refractivity contribution in [2.45, 2.75) is 198 Å². The molecule has 2 aliphatic heterocycles. The van der Waals surface area contributed by atoms with Crippen LogP contribution in [0.25, 0.3) is 0 Å². The first kappa shape index (κ1) is 38.4. The molecular formula is C39H69BO9. The highest BCUT2D eigenvalue weighted by Gasteiger charge is 2.66. The van der Waals surface area contributed by atoms with Gasteiger partial charge in [0, 0.05) is 26.6 Å². The van der Waals surface area contributed by atoms with Gasteiger partial charge in [0.05, 0.1) is 48.3 Å². The summed E-state index contributed by atoms with van der Waals surface area (Å²) in [5, 5.41) is 33.1. The smallest absolute Gasteiger partial charge is 0.161 e. The van der Waals surface area contributed by atoms with Crippen LogP contribution in [-0.4, -0.2) is 104 Å². The van der Waals surface area contributed by atoms with Gasteiger partial charge in [-0.25, -0.2) is 0 Å². The Morgan fingerprint density at radius 1 is 0.878 bits per heavy atom. The average molecular weight is 693 g/mol. The lowest BCUT2D eigenvalue weighted by Gasteiger charge is -2.65. The Kier molecular flexibility index (Phi) is 11.9. The van der Waals surface area contributed by atoms with Gasteiger partial charge in [-0.1, -0.05) is 33.0 Å². The van der Waals surface area contributed by atoms with Gasteiger partial charge in [0.25, 0.3) is 0 Å². The van der Waals surface area contributed by atoms with Crippen molar-refractivity contribution in [3.05, 3.63) is 0 Å². The van der Waals surface area contributed by atoms with Crippen LogP contribution in [0.3, 0.4) is 0 Å². The first-order chi connectivity index (χ1) is 23.2. The van der Waals surface area contributed by atoms with Crippen molar-refractivity contribution in [3.8, 4) is 0 Å². The molecule has 282 valence electrons. The number of aliphatic hydroxyl groups is 3. The van der Waals surface area contributed by atoms with Gasteiger partial charge in [0.1, 0.15) is 14.0 Å². The monoisotopic (exact) mass is 693 g/mol. The third-order valence-electron chi connectivity index (χ3n) is 15.3. The fourth-order valence-electron chi connectivity index (χ4n) is 12.1. The Labute approximate surface area is 297 Å². The van der Waals surface area contributed by atoms with Crippen LogP contribution in [-0.2, 0) is 28.4 Å². The van der Waals surface area contributed by atoms with Crippen molar-refractivity contribution in [2.24, 2.45) is 34.5 Å². The van der Waals surface area contributed by atoms with Crippen LogP contribution in [0.5, 0.6) is 0 Å². The van der Waals surface area contributed by atoms with Gasteiger partial charge < -0.3 is 43.7 Å². The molecule has 10 unspecified atom stereocenters. The lowest BCUT2D eigenvalue weighted by Crippen LogP contribution is -2.63. The Morgan fingerprint density at radius 3 is 2.33 bits per heavy atom. The zero-order chi connectivity index (χ0) is 35.3. The van der Waals surface area contributed by atoms with Crippen LogP contribution in [0.1, 0.15) is 125 Å². The normalized spacial score (nSPS) is 50.5. The van der Waals surface area contributed by atoms with Gasteiger partial charge >= 0.3 is 0 Å². The summed E-state index contributed by atoms with van der Waals surface area (Å²) in [6.07, 6.45) is 9.96. The Hall–Kier alpha value is -0.295. The van der Waals surface area contributed by atoms with Crippen LogP contribution in [0.4, 0.5) is 0 Å². The summed E-state index contributed by atoms with van der Waals surface area (Å²) < 4.78 is 37.2. The number of fused-ring (bicyclic) bond motifs is 5. The highest BCUT2D eigenvalue weighted by molar-refractivity contribution is 6.12. The average Bonchev–Trinajstić information content (AvgIpc) is 3.37. The van der Waals surface area contributed by atoms with Crippen LogP contribution in [0.2, 0.25) is 5.82 Å². The minimum atomic E-state index is -0.690. The number of hydrogen-bond acceptors (Lipinski definition) is 9. The van der Waals surface area contributed by atoms with E-state index in [9.17, 15) is 15.3 Å². The van der Waals surface area contributed by atoms with E-state index in [0.717, 1.165) is 38.5 Å². The molecule has 0 amide bonds. The van der Waals surface area contributed by atoms with E-state index < -0.39 is 30.2 Å². The van der Waals surface area contributed by atoms with E-state index in [1.54, 1.807) is 14.0 Å². The molecule has 4 aliphatic carbocycles. The zero-order valence-electron chi connectivity index (χ0n) is 31.9. The second-order valence-corrected chi connectivity index (χ2v) is 18.0. The van der Waals surface area contributed by atoms with Crippen LogP contribution < -0.4 is 0 Å². The molecule has 49 heavy (non-hydrogen) atoms. The summed E-state index contributed by atoms with van der Waals surface area (Å²) in [5.74, 6) is 2.40. The molecule has 4 saturated carbocycles. The zero-order valence-corrected chi connectivity index (χ0v) is 31.9. The van der Waals surface area contributed by atoms with E-state index in [1.807, 2.05) is 13.8 Å². The topological polar surface area (TPSA) is 116 Å². The third kappa shape index (κ3) is 7.32. The fraction of sp³-hybridized carbons (Fsp3) is 1.00. The van der Waals surface area contributed by atoms with Crippen molar-refractivity contribution in [3.63, 3.8) is 0 Å². The predicted octanol–water partition coefficient (Wildman–Crippen LogP) is 5.16. The van der Waals surface area contributed by atoms with Crippen LogP contribution in [0, 0.1) is 34.5 Å². The molecule has 6 rings (SSSR count). The molecule has 0 aromatic carbocycles. The van der Waals surface area contributed by atoms with Crippen LogP contribution >= 0.6 is 0 Å². The molecular weight excluding hydrogens is 623 g/mol. The van der Waals surface area contributed by atoms with E-state index in [0.29, 0.717) is 43.0 Å². The van der Waals surface area contributed by atoms with Crippen LogP contribution in [0.15, 0.2) is 0 Å². The molecule has 0 aromatic rings. The summed E-state index contributed by atoms with van der Waals surface area (Å²) in [7, 11) is 4.04. The maximum absolute atomic E-state index is 12.2. The summed E-state index contributed by atoms with van der Waals surface area (Å²) >= 11 is 0. The molecule has 10 heteroatoms. The standard InChI is InChI=1S/C39H69BO9/c1-22(35(44-7)23(2)41)14-18-45-36-25(4)47-34(21-30(36)42)49-31-11-12-33(46-24(31)3)48-27-13-17-37(5)26(19-27)9-10-28-29(37)20-32(40)38(6)15-8-16-39(28,38)43/h22-36,41-43H,8-21,40H2,1-7H3/t22-,23-,24+,25+,26?,27?,28?,29?,30-,31?,32?,33?,34?,35-,36?,37-,38-,39?/m0/s1. The van der Waals surface area contributed by atoms with Crippen molar-refractivity contribution in [1.29, 1.82) is 0 Å². The molecule has 0 bridgehead atoms. The van der Waals surface area contributed by atoms with Gasteiger partial charge in [-0.2, -0.15) is 0 Å². The Morgan fingerprint density at radius 2 is 1.63 bits per heavy atom. The SMILES string of the molecule is BC1CC2C(CCC3CC(OC4CCC(OC5C[C@H](O)C(OCC[C@H](C)[C@H](OC)[C@H](C)O)[C@@H](C)O5)[C@@H](C)O4)CC[C@@]32C)C2(O)CCC[C@@]12C. The van der Waals surface area contributed by atoms with E-state index in [2.05, 4.69) is 28.6 Å². The molecule has 6 aliphatic rings. The third-order valence-corrected chi connectivity index (χ3v) is 15.3. The molecule has 2 heterocycles. The van der Waals surface area contributed by atoms with Gasteiger partial charge in [-0.05, 0) is 119 Å². The predicted molar refractivity (Wildman–Crippen MR) is 190 cm³/mol. The van der Waals surface area contributed by atoms with E-state index >= 15 is 0 Å². The second-order valence-electron chi connectivity index (χ2n) is 18.0. The lowest BCUT2D eigenvalue weighted by atomic mass is 9.39. The highest BCUT2D eigenvalue weighted by Crippen LogP contribution is 2.70. The summed E-state index contributed by atoms with van der Waals surface area (Å²) in [5.41, 5.74) is -0.115. The molecule has 3 N–H and O–H groups in total. The molecule has 6 fully saturated rings. The number of ether oxygens (including phenoxy) is 6. The maximum atomic E-state index is 12.2. The summed E-state index contributed by atoms with van der Waals surface area (Å²) in [6.45, 7) is 13.2. The van der Waals surface area contributed by atoms with E-state index in [-0.39, 0.29) is 53.6 Å². The van der Waals surface area contributed by atoms with Crippen molar-refractivity contribution < 1.29 is 43.7 Å². The van der Waals surface area contributed by atoms with Gasteiger partial charge in [0.2, 0.25) is 0 Å². The minimum Gasteiger partial charge on any atom is -0.391 e. The Bertz CT molecular complexity index is 1080. The van der Waals surface area contributed by atoms with Gasteiger partial charge in [-0.3, -0.25) is 0 Å². The molecule has 0 radical (unpaired) electrons. The lowest BCUT2D eigenvalue weighted by molar-refractivity contribution is -0.303. The minimum absolute atomic E-state index is 0.0839. The first-order valence-corrected chi connectivity index (χ1v) is 20.0. The first-order valence-electron chi connectivity index (χ1n) is 20.0. The van der Waals surface area contributed by atoms with Crippen molar-refractivity contribution in [2.75, 3.05) is 13.7 Å². The molecule has 9 nitrogen and oxygen atoms in total. The largest absolute Gasteiger partial charge is 0.391 e. The summed E-state index contributed by atoms with van der Waals surface area (Å²) in [6, 6.07) is 0. The van der Waals surface area contributed by atoms with E-state index in [4.69, 9.17) is 28.4 Å². The van der Waals surface area contributed by atoms with Crippen molar-refractivity contribution in [1.82, 2.24) is 0 Å². The molecule has 0 spiro atoms. The Balaban J connectivity index is 0.943. The van der Waals surface area contributed by atoms with Gasteiger partial charge in [0.15, 0.2) is 12.6 Å². The number of hydrogen-bond donors (Lipinski definition) is 3. The fourth-order valence-corrected chi connectivity index (χ4v) is 12.1. The number of aliphatic hydroxyl groups excluding tert-OH is 2. The van der Waals surface area contributed by atoms with Crippen molar-refractivity contribution >= 4 is 7.85 Å². The number of methoxy groups -OCH3 is 1. The molecule has 0 aromatic heterocycles. The van der Waals surface area contributed by atoms with E-state index in [1.165, 1.54) is 32.1 Å². The quantitative estimate of drug-likeness (QED) is 0.200. The highest BCUT2D eigenvalue weighted by atomic mass is 16.7. The second kappa shape index (κ2) is 15.2. The maximum Gasteiger partial charge on any atom is 0.161 e. The molecule has 2 saturated heterocycles. The number of rotatable bonds is 11. The molecule has 18 atom stereocenters. The summed E-state index contributed by atoms with van der Waals surface area (Å²) in [4.78, 5) is 0.